The number of para-hydroxylation sites is 1. The summed E-state index contributed by atoms with van der Waals surface area (Å²) < 4.78 is 37.1. The van der Waals surface area contributed by atoms with E-state index in [0.717, 1.165) is 15.8 Å². The van der Waals surface area contributed by atoms with Crippen LogP contribution in [-0.4, -0.2) is 54.3 Å². The van der Waals surface area contributed by atoms with E-state index in [1.807, 2.05) is 24.3 Å². The Morgan fingerprint density at radius 3 is 2.42 bits per heavy atom. The summed E-state index contributed by atoms with van der Waals surface area (Å²) in [6.07, 6.45) is -0.493. The van der Waals surface area contributed by atoms with E-state index >= 15 is 0 Å². The number of aromatic nitrogens is 1. The highest BCUT2D eigenvalue weighted by Crippen LogP contribution is 2.37. The minimum atomic E-state index is -4.18. The van der Waals surface area contributed by atoms with Gasteiger partial charge in [-0.15, -0.1) is 0 Å². The zero-order valence-electron chi connectivity index (χ0n) is 20.9. The third-order valence-corrected chi connectivity index (χ3v) is 7.71. The number of methoxy groups -OCH3 is 1. The van der Waals surface area contributed by atoms with E-state index in [0.29, 0.717) is 22.1 Å². The molecule has 40 heavy (non-hydrogen) atoms. The summed E-state index contributed by atoms with van der Waals surface area (Å²) in [6, 6.07) is 18.9. The quantitative estimate of drug-likeness (QED) is 0.182. The summed E-state index contributed by atoms with van der Waals surface area (Å²) >= 11 is 1.45. The number of nitrogens with zero attached hydrogens (tertiary/aromatic N) is 3. The second-order valence-corrected chi connectivity index (χ2v) is 11.2. The first-order valence-electron chi connectivity index (χ1n) is 11.9. The number of anilines is 2. The summed E-state index contributed by atoms with van der Waals surface area (Å²) in [7, 11) is -2.73. The van der Waals surface area contributed by atoms with Gasteiger partial charge in [-0.3, -0.25) is 9.35 Å². The van der Waals surface area contributed by atoms with Crippen molar-refractivity contribution in [1.29, 1.82) is 0 Å². The molecule has 5 rings (SSSR count). The van der Waals surface area contributed by atoms with Crippen LogP contribution < -0.4 is 31.1 Å². The molecule has 1 unspecified atom stereocenters. The number of ether oxygens (including phenoxy) is 1. The Morgan fingerprint density at radius 2 is 1.75 bits per heavy atom. The highest BCUT2D eigenvalue weighted by Gasteiger charge is 2.35. The Balaban J connectivity index is 1.43. The zero-order valence-corrected chi connectivity index (χ0v) is 22.6. The van der Waals surface area contributed by atoms with Gasteiger partial charge in [-0.25, -0.2) is 9.78 Å². The third kappa shape index (κ3) is 5.83. The SMILES string of the molecule is COc1cc(C(=O)O)ccc1N1NC(c2ccc(C(=O)NCCS(=O)(=O)O)cc2)NN1c1nc2ccccc2s1. The number of fused-ring (bicyclic) bond motifs is 1. The third-order valence-electron chi connectivity index (χ3n) is 5.97. The fraction of sp³-hybridized carbons (Fsp3) is 0.160. The maximum atomic E-state index is 12.4. The second-order valence-electron chi connectivity index (χ2n) is 8.63. The molecule has 1 atom stereocenters. The highest BCUT2D eigenvalue weighted by atomic mass is 32.2. The van der Waals surface area contributed by atoms with Crippen molar-refractivity contribution in [3.8, 4) is 5.75 Å². The lowest BCUT2D eigenvalue weighted by atomic mass is 10.1. The summed E-state index contributed by atoms with van der Waals surface area (Å²) in [5.41, 5.74) is 9.15. The number of nitrogens with one attached hydrogen (secondary N) is 3. The van der Waals surface area contributed by atoms with Crippen molar-refractivity contribution in [1.82, 2.24) is 21.2 Å². The van der Waals surface area contributed by atoms with Gasteiger partial charge in [0, 0.05) is 12.1 Å². The molecule has 2 heterocycles. The lowest BCUT2D eigenvalue weighted by Crippen LogP contribution is -2.45. The standard InChI is InChI=1S/C25H24N6O7S2/c1-38-20-14-17(24(33)34)10-11-19(20)30-28-22(29-31(30)25-27-18-4-2-3-5-21(18)39-25)15-6-8-16(9-7-15)23(32)26-12-13-40(35,36)37/h2-11,14,22,28-29H,12-13H2,1H3,(H,26,32)(H,33,34)(H,35,36,37). The van der Waals surface area contributed by atoms with Crippen molar-refractivity contribution in [2.75, 3.05) is 29.6 Å². The molecule has 0 saturated carbocycles. The molecule has 0 radical (unpaired) electrons. The van der Waals surface area contributed by atoms with Gasteiger partial charge in [0.1, 0.15) is 17.6 Å². The molecular formula is C25H24N6O7S2. The number of benzene rings is 3. The first-order chi connectivity index (χ1) is 19.1. The molecular weight excluding hydrogens is 560 g/mol. The Bertz CT molecular complexity index is 1640. The minimum absolute atomic E-state index is 0.0706. The van der Waals surface area contributed by atoms with E-state index in [1.54, 1.807) is 40.6 Å². The second kappa shape index (κ2) is 11.1. The monoisotopic (exact) mass is 584 g/mol. The number of thiazole rings is 1. The number of hydrogen-bond acceptors (Lipinski definition) is 11. The average molecular weight is 585 g/mol. The van der Waals surface area contributed by atoms with Crippen LogP contribution in [-0.2, 0) is 10.1 Å². The Morgan fingerprint density at radius 1 is 1.05 bits per heavy atom. The number of carbonyl (C=O) groups excluding carboxylic acids is 1. The first kappa shape index (κ1) is 27.3. The number of carboxylic acids is 1. The Labute approximate surface area is 232 Å². The van der Waals surface area contributed by atoms with Gasteiger partial charge in [0.25, 0.3) is 16.0 Å². The number of amides is 1. The largest absolute Gasteiger partial charge is 0.494 e. The van der Waals surface area contributed by atoms with Crippen LogP contribution in [0.1, 0.15) is 32.4 Å². The van der Waals surface area contributed by atoms with Crippen molar-refractivity contribution >= 4 is 54.4 Å². The van der Waals surface area contributed by atoms with Crippen LogP contribution in [0, 0.1) is 0 Å². The molecule has 0 aliphatic carbocycles. The molecule has 13 nitrogen and oxygen atoms in total. The van der Waals surface area contributed by atoms with Crippen molar-refractivity contribution < 1.29 is 32.4 Å². The molecule has 0 spiro atoms. The fourth-order valence-corrected chi connectivity index (χ4v) is 5.30. The van der Waals surface area contributed by atoms with E-state index in [1.165, 1.54) is 30.6 Å². The highest BCUT2D eigenvalue weighted by molar-refractivity contribution is 7.85. The fourth-order valence-electron chi connectivity index (χ4n) is 4.01. The summed E-state index contributed by atoms with van der Waals surface area (Å²) in [5, 5.41) is 15.9. The van der Waals surface area contributed by atoms with Gasteiger partial charge in [-0.1, -0.05) is 35.6 Å². The first-order valence-corrected chi connectivity index (χ1v) is 14.3. The summed E-state index contributed by atoms with van der Waals surface area (Å²) in [4.78, 5) is 28.6. The number of rotatable bonds is 9. The normalized spacial score (nSPS) is 15.4. The van der Waals surface area contributed by atoms with Gasteiger partial charge in [0.05, 0.1) is 28.6 Å². The molecule has 1 amide bonds. The van der Waals surface area contributed by atoms with E-state index < -0.39 is 33.9 Å². The van der Waals surface area contributed by atoms with Crippen molar-refractivity contribution in [3.63, 3.8) is 0 Å². The smallest absolute Gasteiger partial charge is 0.335 e. The lowest BCUT2D eigenvalue weighted by Gasteiger charge is -2.28. The predicted octanol–water partition coefficient (Wildman–Crippen LogP) is 2.57. The minimum Gasteiger partial charge on any atom is -0.494 e. The van der Waals surface area contributed by atoms with Gasteiger partial charge in [0.2, 0.25) is 5.13 Å². The van der Waals surface area contributed by atoms with Crippen LogP contribution in [0.3, 0.4) is 0 Å². The lowest BCUT2D eigenvalue weighted by molar-refractivity contribution is 0.0696. The molecule has 1 aromatic heterocycles. The molecule has 1 aliphatic heterocycles. The summed E-state index contributed by atoms with van der Waals surface area (Å²) in [5.74, 6) is -1.83. The molecule has 3 aromatic carbocycles. The average Bonchev–Trinajstić information content (AvgIpc) is 3.56. The molecule has 1 saturated heterocycles. The number of carboxylic acid groups (broad SMARTS) is 1. The Hall–Kier alpha value is -4.28. The van der Waals surface area contributed by atoms with E-state index in [4.69, 9.17) is 14.3 Å². The van der Waals surface area contributed by atoms with E-state index in [9.17, 15) is 23.1 Å². The molecule has 15 heteroatoms. The van der Waals surface area contributed by atoms with Crippen LogP contribution in [0.2, 0.25) is 0 Å². The molecule has 4 aromatic rings. The number of hydrogen-bond donors (Lipinski definition) is 5. The number of hydrazine groups is 3. The van der Waals surface area contributed by atoms with E-state index in [-0.39, 0.29) is 12.1 Å². The molecule has 0 bridgehead atoms. The zero-order chi connectivity index (χ0) is 28.4. The van der Waals surface area contributed by atoms with Gasteiger partial charge in [-0.05, 0) is 48.0 Å². The summed E-state index contributed by atoms with van der Waals surface area (Å²) in [6.45, 7) is -0.222. The molecule has 5 N–H and O–H groups in total. The number of carbonyl (C=O) groups is 2. The van der Waals surface area contributed by atoms with Gasteiger partial charge >= 0.3 is 5.97 Å². The molecule has 1 aliphatic rings. The van der Waals surface area contributed by atoms with Crippen LogP contribution in [0.15, 0.2) is 66.7 Å². The number of aromatic carboxylic acids is 1. The maximum Gasteiger partial charge on any atom is 0.335 e. The van der Waals surface area contributed by atoms with Crippen LogP contribution >= 0.6 is 11.3 Å². The maximum absolute atomic E-state index is 12.4. The Kier molecular flexibility index (Phi) is 7.55. The predicted molar refractivity (Wildman–Crippen MR) is 149 cm³/mol. The van der Waals surface area contributed by atoms with Crippen LogP contribution in [0.5, 0.6) is 5.75 Å². The van der Waals surface area contributed by atoms with Crippen LogP contribution in [0.4, 0.5) is 10.8 Å². The molecule has 1 fully saturated rings. The van der Waals surface area contributed by atoms with Gasteiger partial charge < -0.3 is 15.2 Å². The van der Waals surface area contributed by atoms with Gasteiger partial charge in [-0.2, -0.15) is 29.5 Å². The van der Waals surface area contributed by atoms with E-state index in [2.05, 4.69) is 16.2 Å². The van der Waals surface area contributed by atoms with Gasteiger partial charge in [0.15, 0.2) is 0 Å². The molecule has 208 valence electrons. The van der Waals surface area contributed by atoms with Crippen molar-refractivity contribution in [2.45, 2.75) is 6.17 Å². The van der Waals surface area contributed by atoms with Crippen molar-refractivity contribution in [2.24, 2.45) is 0 Å². The van der Waals surface area contributed by atoms with Crippen molar-refractivity contribution in [3.05, 3.63) is 83.4 Å². The van der Waals surface area contributed by atoms with Crippen LogP contribution in [0.25, 0.3) is 10.2 Å². The topological polar surface area (TPSA) is 173 Å².